The maximum atomic E-state index is 13.3. The second-order valence-corrected chi connectivity index (χ2v) is 11.5. The minimum Gasteiger partial charge on any atom is -0.364 e. The van der Waals surface area contributed by atoms with Gasteiger partial charge < -0.3 is 10.2 Å². The van der Waals surface area contributed by atoms with E-state index in [0.29, 0.717) is 36.8 Å². The van der Waals surface area contributed by atoms with Crippen LogP contribution in [0, 0.1) is 5.92 Å². The van der Waals surface area contributed by atoms with E-state index in [1.54, 1.807) is 23.5 Å². The van der Waals surface area contributed by atoms with Crippen molar-refractivity contribution in [3.8, 4) is 0 Å². The number of hydrogen-bond donors (Lipinski definition) is 1. The van der Waals surface area contributed by atoms with Crippen molar-refractivity contribution in [2.45, 2.75) is 61.2 Å². The predicted molar refractivity (Wildman–Crippen MR) is 135 cm³/mol. The van der Waals surface area contributed by atoms with Crippen molar-refractivity contribution in [2.24, 2.45) is 5.92 Å². The van der Waals surface area contributed by atoms with Crippen LogP contribution < -0.4 is 10.2 Å². The molecule has 184 valence electrons. The molecule has 1 aromatic carbocycles. The zero-order valence-corrected chi connectivity index (χ0v) is 21.2. The fourth-order valence-corrected chi connectivity index (χ4v) is 6.20. The van der Waals surface area contributed by atoms with Gasteiger partial charge in [0, 0.05) is 36.0 Å². The number of aromatic nitrogens is 1. The monoisotopic (exact) mass is 509 g/mol. The number of thioether (sulfide) groups is 2. The number of carbonyl (C=O) groups excluding carboxylic acids is 1. The standard InChI is InChI=1S/C25H30F3N3OS2/c1-15-10-12-31(13-11-15)23-17(6-9-22(30-23)25(26,27)28)5-8-20(32)16(2)18-4-7-19-21(14-18)34-24(29-19)33-3/h4,6-7,9,14-16,24,29H,5,8,10-13H2,1-3H3. The van der Waals surface area contributed by atoms with Gasteiger partial charge in [0.05, 0.1) is 0 Å². The maximum Gasteiger partial charge on any atom is 0.433 e. The molecule has 34 heavy (non-hydrogen) atoms. The Morgan fingerprint density at radius 1 is 1.26 bits per heavy atom. The van der Waals surface area contributed by atoms with E-state index in [-0.39, 0.29) is 22.8 Å². The largest absolute Gasteiger partial charge is 0.433 e. The molecule has 2 unspecified atom stereocenters. The molecule has 0 bridgehead atoms. The molecule has 1 N–H and O–H groups in total. The lowest BCUT2D eigenvalue weighted by Crippen LogP contribution is -2.34. The predicted octanol–water partition coefficient (Wildman–Crippen LogP) is 6.81. The number of anilines is 2. The third kappa shape index (κ3) is 5.67. The summed E-state index contributed by atoms with van der Waals surface area (Å²) in [6.07, 6.45) is 0.0631. The Labute approximate surface area is 207 Å². The third-order valence-electron chi connectivity index (χ3n) is 6.68. The number of Topliss-reactive ketones (excluding diaryl/α,β-unsaturated/α-hetero) is 1. The molecule has 0 spiro atoms. The first-order valence-corrected chi connectivity index (χ1v) is 13.8. The number of piperidine rings is 1. The lowest BCUT2D eigenvalue weighted by Gasteiger charge is -2.33. The molecule has 4 nitrogen and oxygen atoms in total. The van der Waals surface area contributed by atoms with Crippen molar-refractivity contribution in [2.75, 3.05) is 29.6 Å². The summed E-state index contributed by atoms with van der Waals surface area (Å²) >= 11 is 3.48. The zero-order valence-electron chi connectivity index (χ0n) is 19.6. The van der Waals surface area contributed by atoms with Crippen LogP contribution in [0.5, 0.6) is 0 Å². The Kier molecular flexibility index (Phi) is 7.72. The van der Waals surface area contributed by atoms with E-state index in [1.807, 2.05) is 24.0 Å². The molecule has 0 radical (unpaired) electrons. The van der Waals surface area contributed by atoms with Crippen LogP contribution in [0.3, 0.4) is 0 Å². The van der Waals surface area contributed by atoms with Crippen molar-refractivity contribution >= 4 is 40.8 Å². The quantitative estimate of drug-likeness (QED) is 0.443. The molecule has 2 atom stereocenters. The van der Waals surface area contributed by atoms with Crippen LogP contribution in [0.15, 0.2) is 35.2 Å². The average molecular weight is 510 g/mol. The summed E-state index contributed by atoms with van der Waals surface area (Å²) in [4.78, 5) is 20.2. The maximum absolute atomic E-state index is 13.3. The van der Waals surface area contributed by atoms with Gasteiger partial charge in [-0.05, 0) is 60.8 Å². The summed E-state index contributed by atoms with van der Waals surface area (Å²) in [6, 6.07) is 8.62. The van der Waals surface area contributed by atoms with Gasteiger partial charge in [-0.2, -0.15) is 13.2 Å². The topological polar surface area (TPSA) is 45.2 Å². The number of ketones is 1. The molecule has 0 saturated carbocycles. The lowest BCUT2D eigenvalue weighted by atomic mass is 9.92. The highest BCUT2D eigenvalue weighted by atomic mass is 32.2. The van der Waals surface area contributed by atoms with Crippen LogP contribution in [0.1, 0.15) is 55.8 Å². The Bertz CT molecular complexity index is 1040. The first kappa shape index (κ1) is 25.2. The van der Waals surface area contributed by atoms with E-state index in [1.165, 1.54) is 6.07 Å². The van der Waals surface area contributed by atoms with Gasteiger partial charge in [-0.3, -0.25) is 4.79 Å². The molecular weight excluding hydrogens is 479 g/mol. The molecule has 0 aliphatic carbocycles. The summed E-state index contributed by atoms with van der Waals surface area (Å²) in [6.45, 7) is 5.43. The fraction of sp³-hybridized carbons (Fsp3) is 0.520. The van der Waals surface area contributed by atoms with Gasteiger partial charge in [0.1, 0.15) is 22.0 Å². The zero-order chi connectivity index (χ0) is 24.5. The number of nitrogens with one attached hydrogen (secondary N) is 1. The molecular formula is C25H30F3N3OS2. The molecule has 0 amide bonds. The second-order valence-electron chi connectivity index (χ2n) is 9.12. The number of halogens is 3. The number of fused-ring (bicyclic) bond motifs is 1. The molecule has 4 rings (SSSR count). The van der Waals surface area contributed by atoms with Crippen LogP contribution in [0.25, 0.3) is 0 Å². The first-order chi connectivity index (χ1) is 16.2. The number of nitrogens with zero attached hydrogens (tertiary/aromatic N) is 2. The highest BCUT2D eigenvalue weighted by Crippen LogP contribution is 2.43. The second kappa shape index (κ2) is 10.4. The van der Waals surface area contributed by atoms with E-state index in [2.05, 4.69) is 29.5 Å². The number of pyridine rings is 1. The van der Waals surface area contributed by atoms with Crippen LogP contribution in [0.2, 0.25) is 0 Å². The summed E-state index contributed by atoms with van der Waals surface area (Å²) in [7, 11) is 0. The summed E-state index contributed by atoms with van der Waals surface area (Å²) in [5, 5.41) is 3.43. The van der Waals surface area contributed by atoms with E-state index in [9.17, 15) is 18.0 Å². The van der Waals surface area contributed by atoms with Gasteiger partial charge in [-0.1, -0.05) is 37.7 Å². The Morgan fingerprint density at radius 2 is 2.00 bits per heavy atom. The molecule has 1 saturated heterocycles. The van der Waals surface area contributed by atoms with Gasteiger partial charge >= 0.3 is 6.18 Å². The number of aryl methyl sites for hydroxylation is 1. The highest BCUT2D eigenvalue weighted by Gasteiger charge is 2.34. The van der Waals surface area contributed by atoms with Crippen LogP contribution in [-0.2, 0) is 17.4 Å². The van der Waals surface area contributed by atoms with Crippen LogP contribution in [-0.4, -0.2) is 34.8 Å². The Morgan fingerprint density at radius 3 is 2.68 bits per heavy atom. The van der Waals surface area contributed by atoms with Crippen molar-refractivity contribution in [3.05, 3.63) is 47.2 Å². The van der Waals surface area contributed by atoms with Crippen molar-refractivity contribution in [1.29, 1.82) is 0 Å². The molecule has 2 aliphatic rings. The average Bonchev–Trinajstić information content (AvgIpc) is 3.24. The van der Waals surface area contributed by atoms with Crippen molar-refractivity contribution in [1.82, 2.24) is 4.98 Å². The van der Waals surface area contributed by atoms with Crippen LogP contribution >= 0.6 is 23.5 Å². The minimum absolute atomic E-state index is 0.0791. The van der Waals surface area contributed by atoms with E-state index in [0.717, 1.165) is 35.1 Å². The smallest absolute Gasteiger partial charge is 0.364 e. The number of benzene rings is 1. The van der Waals surface area contributed by atoms with Gasteiger partial charge in [0.15, 0.2) is 0 Å². The third-order valence-corrected chi connectivity index (χ3v) is 9.02. The highest BCUT2D eigenvalue weighted by molar-refractivity contribution is 8.17. The summed E-state index contributed by atoms with van der Waals surface area (Å²) < 4.78 is 40.3. The molecule has 9 heteroatoms. The van der Waals surface area contributed by atoms with Gasteiger partial charge in [-0.25, -0.2) is 4.98 Å². The molecule has 3 heterocycles. The Hall–Kier alpha value is -1.87. The number of hydrogen-bond acceptors (Lipinski definition) is 6. The molecule has 2 aliphatic heterocycles. The SMILES string of the molecule is CSC1Nc2ccc(C(C)C(=O)CCc3ccc(C(F)(F)F)nc3N3CCC(C)CC3)cc2S1. The van der Waals surface area contributed by atoms with E-state index in [4.69, 9.17) is 0 Å². The van der Waals surface area contributed by atoms with Crippen LogP contribution in [0.4, 0.5) is 24.7 Å². The lowest BCUT2D eigenvalue weighted by molar-refractivity contribution is -0.141. The fourth-order valence-electron chi connectivity index (χ4n) is 4.39. The number of alkyl halides is 3. The number of rotatable bonds is 7. The first-order valence-electron chi connectivity index (χ1n) is 11.6. The van der Waals surface area contributed by atoms with E-state index < -0.39 is 11.9 Å². The summed E-state index contributed by atoms with van der Waals surface area (Å²) in [5.74, 6) is 0.737. The normalized spacial score (nSPS) is 19.6. The summed E-state index contributed by atoms with van der Waals surface area (Å²) in [5.41, 5.74) is 1.89. The number of carbonyl (C=O) groups is 1. The van der Waals surface area contributed by atoms with Gasteiger partial charge in [0.2, 0.25) is 0 Å². The molecule has 2 aromatic rings. The Balaban J connectivity index is 1.48. The van der Waals surface area contributed by atoms with Gasteiger partial charge in [-0.15, -0.1) is 11.8 Å². The van der Waals surface area contributed by atoms with Crippen molar-refractivity contribution in [3.63, 3.8) is 0 Å². The minimum atomic E-state index is -4.49. The van der Waals surface area contributed by atoms with E-state index >= 15 is 0 Å². The van der Waals surface area contributed by atoms with Crippen molar-refractivity contribution < 1.29 is 18.0 Å². The molecule has 1 aromatic heterocycles. The molecule has 1 fully saturated rings. The van der Waals surface area contributed by atoms with Gasteiger partial charge in [0.25, 0.3) is 0 Å².